The number of hydrogen-bond donors (Lipinski definition) is 6. The lowest BCUT2D eigenvalue weighted by molar-refractivity contribution is -0.156. The molecule has 4 heterocycles. The fourth-order valence-electron chi connectivity index (χ4n) is 6.82. The number of pyridine rings is 1. The Hall–Kier alpha value is -8.14. The number of rotatable bonds is 24. The van der Waals surface area contributed by atoms with Crippen LogP contribution in [0.15, 0.2) is 67.5 Å². The SMILES string of the molecule is N#CC1CC(F)(F)CN1C(=O)CNC(=O)c1ccncc1-c1ccc(OCCNC(=O)CN(Cc2nccn2CC=O)Cc2nccn2CC(=O)NC(CC(C(=O)O)C(=O)O)C(=O)O)cc1. The Bertz CT molecular complexity index is 2460. The number of carbonyl (C=O) groups excluding carboxylic acids is 5. The van der Waals surface area contributed by atoms with Gasteiger partial charge in [0.25, 0.3) is 11.8 Å². The third-order valence-electron chi connectivity index (χ3n) is 10.1. The molecule has 2 unspecified atom stereocenters. The van der Waals surface area contributed by atoms with Crippen LogP contribution >= 0.6 is 0 Å². The van der Waals surface area contributed by atoms with E-state index in [9.17, 15) is 57.5 Å². The van der Waals surface area contributed by atoms with Crippen LogP contribution in [0, 0.1) is 17.2 Å². The van der Waals surface area contributed by atoms with Crippen LogP contribution in [0.1, 0.15) is 34.8 Å². The lowest BCUT2D eigenvalue weighted by Gasteiger charge is -2.22. The van der Waals surface area contributed by atoms with Crippen LogP contribution < -0.4 is 20.7 Å². The number of likely N-dealkylation sites (tertiary alicyclic amines) is 1. The highest BCUT2D eigenvalue weighted by Crippen LogP contribution is 2.32. The Balaban J connectivity index is 1.15. The number of ether oxygens (including phenoxy) is 1. The lowest BCUT2D eigenvalue weighted by atomic mass is 10.00. The highest BCUT2D eigenvalue weighted by Gasteiger charge is 2.47. The minimum absolute atomic E-state index is 0.0174. The number of halogens is 2. The van der Waals surface area contributed by atoms with Gasteiger partial charge in [-0.25, -0.2) is 23.5 Å². The molecule has 4 amide bonds. The Morgan fingerprint density at radius 3 is 2.23 bits per heavy atom. The van der Waals surface area contributed by atoms with Crippen molar-refractivity contribution in [1.82, 2.24) is 49.8 Å². The molecule has 0 spiro atoms. The normalized spacial score (nSPS) is 14.5. The van der Waals surface area contributed by atoms with Crippen molar-refractivity contribution in [2.45, 2.75) is 57.0 Å². The predicted octanol–water partition coefficient (Wildman–Crippen LogP) is -0.228. The van der Waals surface area contributed by atoms with E-state index in [0.29, 0.717) is 29.0 Å². The second-order valence-corrected chi connectivity index (χ2v) is 14.8. The molecular weight excluding hydrogens is 877 g/mol. The molecule has 0 saturated carbocycles. The minimum Gasteiger partial charge on any atom is -0.492 e. The van der Waals surface area contributed by atoms with E-state index < -0.39 is 97.9 Å². The summed E-state index contributed by atoms with van der Waals surface area (Å²) in [6.07, 6.45) is 7.58. The number of aliphatic carboxylic acids is 3. The Labute approximate surface area is 373 Å². The summed E-state index contributed by atoms with van der Waals surface area (Å²) < 4.78 is 36.4. The fraction of sp³-hybridized carbons (Fsp3) is 0.366. The molecule has 66 heavy (non-hydrogen) atoms. The Morgan fingerprint density at radius 1 is 0.924 bits per heavy atom. The molecule has 1 aromatic carbocycles. The van der Waals surface area contributed by atoms with Crippen LogP contribution in [0.5, 0.6) is 5.75 Å². The van der Waals surface area contributed by atoms with Crippen LogP contribution in [0.4, 0.5) is 8.78 Å². The van der Waals surface area contributed by atoms with Crippen molar-refractivity contribution in [3.05, 3.63) is 84.7 Å². The average molecular weight is 920 g/mol. The number of carboxylic acids is 3. The van der Waals surface area contributed by atoms with Gasteiger partial charge in [0.05, 0.1) is 57.4 Å². The maximum atomic E-state index is 13.8. The third-order valence-corrected chi connectivity index (χ3v) is 10.1. The van der Waals surface area contributed by atoms with E-state index >= 15 is 0 Å². The number of nitrogens with one attached hydrogen (secondary N) is 3. The molecule has 0 bridgehead atoms. The van der Waals surface area contributed by atoms with E-state index in [2.05, 4.69) is 30.9 Å². The zero-order chi connectivity index (χ0) is 48.0. The molecule has 23 nitrogen and oxygen atoms in total. The Morgan fingerprint density at radius 2 is 1.59 bits per heavy atom. The smallest absolute Gasteiger partial charge is 0.326 e. The molecule has 0 aliphatic carbocycles. The summed E-state index contributed by atoms with van der Waals surface area (Å²) in [4.78, 5) is 113. The van der Waals surface area contributed by atoms with Crippen molar-refractivity contribution in [1.29, 1.82) is 5.26 Å². The minimum atomic E-state index is -3.20. The third kappa shape index (κ3) is 13.4. The summed E-state index contributed by atoms with van der Waals surface area (Å²) in [5.74, 6) is -12.2. The van der Waals surface area contributed by atoms with Crippen LogP contribution in [0.25, 0.3) is 11.1 Å². The molecule has 5 rings (SSSR count). The number of hydrogen-bond acceptors (Lipinski definition) is 14. The zero-order valence-corrected chi connectivity index (χ0v) is 34.8. The number of aldehydes is 1. The second kappa shape index (κ2) is 22.5. The first kappa shape index (κ1) is 48.9. The number of nitrogens with zero attached hydrogens (tertiary/aromatic N) is 8. The summed E-state index contributed by atoms with van der Waals surface area (Å²) in [5.41, 5.74) is 1.08. The largest absolute Gasteiger partial charge is 0.492 e. The standard InChI is InChI=1S/C41H43F2N11O12/c42-41(43)16-26(17-44)54(24-41)36(58)19-49-37(59)28-5-6-45-18-30(28)25-1-3-27(4-2-25)66-14-9-48-34(56)22-51(20-32-46-7-10-52(32)12-13-55)21-33-47-8-11-53(33)23-35(57)50-31(40(64)65)15-29(38(60)61)39(62)63/h1-8,10-11,13,18,26,29,31H,9,12,14-16,19-24H2,(H,48,56)(H,49,59)(H,50,57)(H,60,61)(H,62,63)(H,64,65). The number of benzene rings is 1. The fourth-order valence-corrected chi connectivity index (χ4v) is 6.82. The summed E-state index contributed by atoms with van der Waals surface area (Å²) >= 11 is 0. The van der Waals surface area contributed by atoms with Crippen LogP contribution in [0.3, 0.4) is 0 Å². The average Bonchev–Trinajstić information content (AvgIpc) is 4.00. The highest BCUT2D eigenvalue weighted by molar-refractivity contribution is 6.02. The van der Waals surface area contributed by atoms with E-state index in [1.165, 1.54) is 41.6 Å². The van der Waals surface area contributed by atoms with Gasteiger partial charge in [0, 0.05) is 55.6 Å². The summed E-state index contributed by atoms with van der Waals surface area (Å²) in [5, 5.41) is 44.4. The number of nitriles is 1. The van der Waals surface area contributed by atoms with Crippen molar-refractivity contribution >= 4 is 47.8 Å². The van der Waals surface area contributed by atoms with E-state index in [1.54, 1.807) is 46.0 Å². The maximum Gasteiger partial charge on any atom is 0.326 e. The first-order valence-corrected chi connectivity index (χ1v) is 19.9. The van der Waals surface area contributed by atoms with Crippen molar-refractivity contribution in [2.75, 3.05) is 32.8 Å². The zero-order valence-electron chi connectivity index (χ0n) is 34.8. The number of imidazole rings is 2. The Kier molecular flexibility index (Phi) is 16.6. The van der Waals surface area contributed by atoms with E-state index in [0.717, 1.165) is 4.90 Å². The van der Waals surface area contributed by atoms with E-state index in [4.69, 9.17) is 14.9 Å². The quantitative estimate of drug-likeness (QED) is 0.0300. The van der Waals surface area contributed by atoms with Crippen LogP contribution in [-0.4, -0.2) is 148 Å². The van der Waals surface area contributed by atoms with Crippen molar-refractivity contribution in [3.8, 4) is 22.9 Å². The van der Waals surface area contributed by atoms with Gasteiger partial charge in [0.15, 0.2) is 5.92 Å². The highest BCUT2D eigenvalue weighted by atomic mass is 19.3. The van der Waals surface area contributed by atoms with Gasteiger partial charge in [0.1, 0.15) is 48.9 Å². The number of alkyl halides is 2. The first-order valence-electron chi connectivity index (χ1n) is 19.9. The van der Waals surface area contributed by atoms with Gasteiger partial charge in [-0.15, -0.1) is 0 Å². The van der Waals surface area contributed by atoms with Gasteiger partial charge in [0.2, 0.25) is 17.7 Å². The molecule has 6 N–H and O–H groups in total. The predicted molar refractivity (Wildman–Crippen MR) is 219 cm³/mol. The van der Waals surface area contributed by atoms with Gasteiger partial charge < -0.3 is 54.8 Å². The van der Waals surface area contributed by atoms with E-state index in [1.807, 2.05) is 0 Å². The lowest BCUT2D eigenvalue weighted by Crippen LogP contribution is -2.45. The summed E-state index contributed by atoms with van der Waals surface area (Å²) in [7, 11) is 0. The summed E-state index contributed by atoms with van der Waals surface area (Å²) in [6, 6.07) is 6.49. The van der Waals surface area contributed by atoms with Crippen molar-refractivity contribution in [3.63, 3.8) is 0 Å². The van der Waals surface area contributed by atoms with Crippen LogP contribution in [-0.2, 0) is 59.7 Å². The topological polar surface area (TPSA) is 321 Å². The molecular formula is C41H43F2N11O12. The van der Waals surface area contributed by atoms with Gasteiger partial charge in [-0.3, -0.25) is 38.7 Å². The van der Waals surface area contributed by atoms with Crippen LogP contribution in [0.2, 0.25) is 0 Å². The molecule has 0 radical (unpaired) electrons. The molecule has 3 aromatic heterocycles. The molecule has 1 aliphatic rings. The summed E-state index contributed by atoms with van der Waals surface area (Å²) in [6.45, 7) is -2.23. The second-order valence-electron chi connectivity index (χ2n) is 14.8. The monoisotopic (exact) mass is 919 g/mol. The van der Waals surface area contributed by atoms with Gasteiger partial charge >= 0.3 is 17.9 Å². The number of carbonyl (C=O) groups is 8. The number of amides is 4. The van der Waals surface area contributed by atoms with Crippen molar-refractivity contribution in [2.24, 2.45) is 5.92 Å². The molecule has 1 fully saturated rings. The molecule has 1 saturated heterocycles. The molecule has 348 valence electrons. The first-order chi connectivity index (χ1) is 31.5. The number of aromatic nitrogens is 5. The molecule has 4 aromatic rings. The van der Waals surface area contributed by atoms with Crippen molar-refractivity contribution < 1.29 is 67.2 Å². The number of carboxylic acid groups (broad SMARTS) is 3. The molecule has 2 atom stereocenters. The van der Waals surface area contributed by atoms with E-state index in [-0.39, 0.29) is 50.7 Å². The van der Waals surface area contributed by atoms with Gasteiger partial charge in [-0.05, 0) is 23.8 Å². The van der Waals surface area contributed by atoms with Gasteiger partial charge in [-0.2, -0.15) is 5.26 Å². The maximum absolute atomic E-state index is 13.8. The molecule has 25 heteroatoms. The molecule has 1 aliphatic heterocycles. The van der Waals surface area contributed by atoms with Gasteiger partial charge in [-0.1, -0.05) is 12.1 Å².